The number of hydrogen-bond donors (Lipinski definition) is 2. The molecule has 0 bridgehead atoms. The number of nitrogens with one attached hydrogen (secondary N) is 2. The van der Waals surface area contributed by atoms with Gasteiger partial charge in [-0.15, -0.1) is 0 Å². The summed E-state index contributed by atoms with van der Waals surface area (Å²) in [7, 11) is 0. The van der Waals surface area contributed by atoms with E-state index in [4.69, 9.17) is 0 Å². The maximum atomic E-state index is 10.8. The van der Waals surface area contributed by atoms with Gasteiger partial charge in [-0.3, -0.25) is 10.6 Å². The predicted octanol–water partition coefficient (Wildman–Crippen LogP) is 0.764. The number of hydrogen-bond acceptors (Lipinski definition) is 5. The summed E-state index contributed by atoms with van der Waals surface area (Å²) >= 11 is 4.61. The number of amides is 2. The van der Waals surface area contributed by atoms with Crippen LogP contribution in [0.1, 0.15) is 13.8 Å². The van der Waals surface area contributed by atoms with E-state index in [0.29, 0.717) is 0 Å². The minimum Gasteiger partial charge on any atom is -0.450 e. The van der Waals surface area contributed by atoms with Crippen LogP contribution in [-0.4, -0.2) is 30.5 Å². The molecule has 0 aromatic heterocycles. The first-order valence-corrected chi connectivity index (χ1v) is 4.42. The Morgan fingerprint density at radius 2 is 1.43 bits per heavy atom. The van der Waals surface area contributed by atoms with Gasteiger partial charge in [0.2, 0.25) is 0 Å². The number of carbonyl (C=O) groups is 2. The lowest BCUT2D eigenvalue weighted by atomic mass is 10.8. The molecule has 0 rings (SSSR count). The fourth-order valence-corrected chi connectivity index (χ4v) is 0.718. The summed E-state index contributed by atoms with van der Waals surface area (Å²) in [5.74, 6) is 0. The van der Waals surface area contributed by atoms with Crippen molar-refractivity contribution in [2.75, 3.05) is 13.2 Å². The van der Waals surface area contributed by atoms with Gasteiger partial charge in [0, 0.05) is 0 Å². The average Bonchev–Trinajstić information content (AvgIpc) is 2.03. The molecule has 0 aromatic carbocycles. The van der Waals surface area contributed by atoms with E-state index in [-0.39, 0.29) is 18.3 Å². The average molecular weight is 220 g/mol. The monoisotopic (exact) mass is 220 g/mol. The topological polar surface area (TPSA) is 76.7 Å². The smallest absolute Gasteiger partial charge is 0.413 e. The summed E-state index contributed by atoms with van der Waals surface area (Å²) in [5.41, 5.74) is 0. The lowest BCUT2D eigenvalue weighted by Crippen LogP contribution is -2.42. The van der Waals surface area contributed by atoms with Gasteiger partial charge in [0.15, 0.2) is 5.11 Å². The quantitative estimate of drug-likeness (QED) is 0.672. The highest BCUT2D eigenvalue weighted by molar-refractivity contribution is 7.80. The van der Waals surface area contributed by atoms with Crippen molar-refractivity contribution in [2.45, 2.75) is 13.8 Å². The van der Waals surface area contributed by atoms with Crippen LogP contribution in [0.2, 0.25) is 0 Å². The number of rotatable bonds is 2. The molecule has 0 saturated heterocycles. The lowest BCUT2D eigenvalue weighted by Gasteiger charge is -2.07. The van der Waals surface area contributed by atoms with Crippen LogP contribution in [0.15, 0.2) is 0 Å². The summed E-state index contributed by atoms with van der Waals surface area (Å²) in [6, 6.07) is 0. The third kappa shape index (κ3) is 6.18. The first-order valence-electron chi connectivity index (χ1n) is 4.01. The van der Waals surface area contributed by atoms with Crippen LogP contribution in [0, 0.1) is 0 Å². The molecule has 0 spiro atoms. The van der Waals surface area contributed by atoms with Crippen LogP contribution in [0.4, 0.5) is 9.59 Å². The molecule has 0 saturated carbocycles. The zero-order valence-corrected chi connectivity index (χ0v) is 8.77. The summed E-state index contributed by atoms with van der Waals surface area (Å²) in [6.45, 7) is 3.77. The van der Waals surface area contributed by atoms with Crippen molar-refractivity contribution in [3.05, 3.63) is 0 Å². The van der Waals surface area contributed by atoms with Crippen molar-refractivity contribution >= 4 is 29.5 Å². The highest BCUT2D eigenvalue weighted by atomic mass is 32.1. The Hall–Kier alpha value is -1.37. The van der Waals surface area contributed by atoms with Crippen molar-refractivity contribution in [3.63, 3.8) is 0 Å². The van der Waals surface area contributed by atoms with Gasteiger partial charge in [0.1, 0.15) is 0 Å². The molecular formula is C7H12N2O4S. The van der Waals surface area contributed by atoms with Crippen molar-refractivity contribution in [2.24, 2.45) is 0 Å². The molecule has 6 nitrogen and oxygen atoms in total. The van der Waals surface area contributed by atoms with Gasteiger partial charge in [-0.1, -0.05) is 0 Å². The molecule has 0 atom stereocenters. The molecule has 2 N–H and O–H groups in total. The van der Waals surface area contributed by atoms with E-state index in [1.54, 1.807) is 13.8 Å². The molecule has 0 fully saturated rings. The second-order valence-electron chi connectivity index (χ2n) is 2.02. The molecule has 0 unspecified atom stereocenters. The Kier molecular flexibility index (Phi) is 6.38. The third-order valence-electron chi connectivity index (χ3n) is 0.982. The van der Waals surface area contributed by atoms with E-state index in [9.17, 15) is 9.59 Å². The van der Waals surface area contributed by atoms with Gasteiger partial charge in [-0.05, 0) is 26.1 Å². The molecule has 0 aromatic rings. The second-order valence-corrected chi connectivity index (χ2v) is 2.43. The largest absolute Gasteiger partial charge is 0.450 e. The highest BCUT2D eigenvalue weighted by Gasteiger charge is 2.07. The van der Waals surface area contributed by atoms with Crippen LogP contribution < -0.4 is 10.6 Å². The Balaban J connectivity index is 3.75. The first-order chi connectivity index (χ1) is 6.60. The molecule has 0 radical (unpaired) electrons. The van der Waals surface area contributed by atoms with E-state index in [2.05, 4.69) is 32.3 Å². The molecule has 14 heavy (non-hydrogen) atoms. The van der Waals surface area contributed by atoms with Crippen molar-refractivity contribution in [1.82, 2.24) is 10.6 Å². The maximum Gasteiger partial charge on any atom is 0.413 e. The maximum absolute atomic E-state index is 10.8. The van der Waals surface area contributed by atoms with Gasteiger partial charge in [-0.25, -0.2) is 9.59 Å². The predicted molar refractivity (Wildman–Crippen MR) is 52.9 cm³/mol. The number of ether oxygens (including phenoxy) is 2. The van der Waals surface area contributed by atoms with E-state index < -0.39 is 12.2 Å². The molecule has 80 valence electrons. The zero-order valence-electron chi connectivity index (χ0n) is 7.96. The normalized spacial score (nSPS) is 8.71. The van der Waals surface area contributed by atoms with Gasteiger partial charge in [-0.2, -0.15) is 0 Å². The minimum atomic E-state index is -0.714. The van der Waals surface area contributed by atoms with Crippen LogP contribution in [0.5, 0.6) is 0 Å². The van der Waals surface area contributed by atoms with Crippen molar-refractivity contribution < 1.29 is 19.1 Å². The molecule has 0 aliphatic rings. The standard InChI is InChI=1S/C7H12N2O4S/c1-3-12-6(10)8-5(14)9-7(11)13-4-2/h3-4H2,1-2H3,(H2,8,9,10,11,14). The van der Waals surface area contributed by atoms with Crippen LogP contribution in [0.3, 0.4) is 0 Å². The zero-order chi connectivity index (χ0) is 11.0. The Morgan fingerprint density at radius 3 is 1.71 bits per heavy atom. The Bertz CT molecular complexity index is 210. The third-order valence-corrected chi connectivity index (χ3v) is 1.19. The number of alkyl carbamates (subject to hydrolysis) is 2. The Labute approximate surface area is 86.9 Å². The van der Waals surface area contributed by atoms with Crippen LogP contribution in [-0.2, 0) is 9.47 Å². The number of thiocarbonyl (C=S) groups is 1. The van der Waals surface area contributed by atoms with E-state index >= 15 is 0 Å². The van der Waals surface area contributed by atoms with Gasteiger partial charge in [0.05, 0.1) is 13.2 Å². The fraction of sp³-hybridized carbons (Fsp3) is 0.571. The summed E-state index contributed by atoms with van der Waals surface area (Å²) < 4.78 is 9.05. The first kappa shape index (κ1) is 12.6. The van der Waals surface area contributed by atoms with Crippen molar-refractivity contribution in [3.8, 4) is 0 Å². The summed E-state index contributed by atoms with van der Waals surface area (Å²) in [6.07, 6.45) is -1.43. The SMILES string of the molecule is CCOC(=O)NC(=S)NC(=O)OCC. The van der Waals surface area contributed by atoms with Crippen LogP contribution >= 0.6 is 12.2 Å². The lowest BCUT2D eigenvalue weighted by molar-refractivity contribution is 0.155. The summed E-state index contributed by atoms with van der Waals surface area (Å²) in [5, 5.41) is 4.11. The molecule has 0 aliphatic carbocycles. The van der Waals surface area contributed by atoms with Crippen LogP contribution in [0.25, 0.3) is 0 Å². The molecular weight excluding hydrogens is 208 g/mol. The highest BCUT2D eigenvalue weighted by Crippen LogP contribution is 1.79. The molecule has 7 heteroatoms. The van der Waals surface area contributed by atoms with E-state index in [1.165, 1.54) is 0 Å². The molecule has 0 aliphatic heterocycles. The summed E-state index contributed by atoms with van der Waals surface area (Å²) in [4.78, 5) is 21.6. The van der Waals surface area contributed by atoms with E-state index in [0.717, 1.165) is 0 Å². The second kappa shape index (κ2) is 7.07. The minimum absolute atomic E-state index is 0.151. The van der Waals surface area contributed by atoms with E-state index in [1.807, 2.05) is 0 Å². The molecule has 2 amide bonds. The van der Waals surface area contributed by atoms with Crippen molar-refractivity contribution in [1.29, 1.82) is 0 Å². The molecule has 0 heterocycles. The van der Waals surface area contributed by atoms with Gasteiger partial charge in [0.25, 0.3) is 0 Å². The van der Waals surface area contributed by atoms with Gasteiger partial charge < -0.3 is 9.47 Å². The Morgan fingerprint density at radius 1 is 1.07 bits per heavy atom. The number of carbonyl (C=O) groups excluding carboxylic acids is 2. The van der Waals surface area contributed by atoms with Gasteiger partial charge >= 0.3 is 12.2 Å². The fourth-order valence-electron chi connectivity index (χ4n) is 0.551.